The molecule has 0 radical (unpaired) electrons. The van der Waals surface area contributed by atoms with Crippen molar-refractivity contribution in [2.24, 2.45) is 0 Å². The zero-order valence-electron chi connectivity index (χ0n) is 16.1. The summed E-state index contributed by atoms with van der Waals surface area (Å²) in [5.74, 6) is 0.406. The van der Waals surface area contributed by atoms with Crippen molar-refractivity contribution in [3.63, 3.8) is 0 Å². The van der Waals surface area contributed by atoms with Crippen LogP contribution in [0.15, 0.2) is 29.8 Å². The summed E-state index contributed by atoms with van der Waals surface area (Å²) < 4.78 is 0. The van der Waals surface area contributed by atoms with E-state index in [1.807, 2.05) is 32.0 Å². The van der Waals surface area contributed by atoms with Gasteiger partial charge >= 0.3 is 0 Å². The highest BCUT2D eigenvalue weighted by Gasteiger charge is 2.30. The molecule has 3 rings (SSSR count). The molecule has 140 valence electrons. The number of nitrogens with one attached hydrogen (secondary N) is 2. The molecule has 2 N–H and O–H groups in total. The molecule has 1 aromatic heterocycles. The first kappa shape index (κ1) is 18.8. The topological polar surface area (TPSA) is 89.9 Å². The van der Waals surface area contributed by atoms with Crippen LogP contribution in [0.25, 0.3) is 16.8 Å². The Morgan fingerprint density at radius 2 is 1.81 bits per heavy atom. The maximum atomic E-state index is 12.9. The van der Waals surface area contributed by atoms with Gasteiger partial charge < -0.3 is 15.3 Å². The second-order valence-electron chi connectivity index (χ2n) is 6.64. The van der Waals surface area contributed by atoms with E-state index in [1.165, 1.54) is 6.92 Å². The molecule has 1 aliphatic carbocycles. The zero-order chi connectivity index (χ0) is 19.7. The fourth-order valence-corrected chi connectivity index (χ4v) is 3.64. The Bertz CT molecular complexity index is 948. The molecule has 0 spiro atoms. The number of aromatic nitrogens is 2. The molecule has 2 aromatic rings. The van der Waals surface area contributed by atoms with Crippen LogP contribution in [0.1, 0.15) is 50.2 Å². The molecule has 27 heavy (non-hydrogen) atoms. The molecule has 0 amide bonds. The number of hydrogen-bond acceptors (Lipinski definition) is 5. The van der Waals surface area contributed by atoms with Gasteiger partial charge in [-0.1, -0.05) is 24.3 Å². The Morgan fingerprint density at radius 3 is 2.37 bits per heavy atom. The van der Waals surface area contributed by atoms with Crippen LogP contribution >= 0.6 is 0 Å². The van der Waals surface area contributed by atoms with Crippen LogP contribution in [0, 0.1) is 5.41 Å². The van der Waals surface area contributed by atoms with Gasteiger partial charge in [-0.25, -0.2) is 4.98 Å². The van der Waals surface area contributed by atoms with Crippen LogP contribution in [-0.2, 0) is 4.79 Å². The summed E-state index contributed by atoms with van der Waals surface area (Å²) in [4.78, 5) is 35.4. The van der Waals surface area contributed by atoms with E-state index < -0.39 is 0 Å². The molecule has 0 unspecified atom stereocenters. The van der Waals surface area contributed by atoms with Crippen molar-refractivity contribution in [1.82, 2.24) is 9.97 Å². The van der Waals surface area contributed by atoms with Gasteiger partial charge in [-0.15, -0.1) is 0 Å². The summed E-state index contributed by atoms with van der Waals surface area (Å²) in [7, 11) is 0. The number of carbonyl (C=O) groups excluding carboxylic acids is 2. The molecule has 1 heterocycles. The quantitative estimate of drug-likeness (QED) is 0.622. The summed E-state index contributed by atoms with van der Waals surface area (Å²) in [5, 5.41) is 8.08. The minimum absolute atomic E-state index is 0.0533. The molecule has 1 aromatic carbocycles. The van der Waals surface area contributed by atoms with E-state index in [4.69, 9.17) is 10.4 Å². The standard InChI is InChI=1S/C21H24N4O2/c1-5-25(6-2)21-23-19-15-10-8-7-9-14(15)17(27)11-16(20(19)24-21)18(12(3)22)13(4)26/h7-10,22H,5-6,11H2,1-4H3,(H,23,24). The average Bonchev–Trinajstić information content (AvgIpc) is 3.02. The number of aromatic amines is 1. The highest BCUT2D eigenvalue weighted by atomic mass is 16.1. The van der Waals surface area contributed by atoms with Gasteiger partial charge in [-0.3, -0.25) is 9.59 Å². The number of imidazole rings is 1. The van der Waals surface area contributed by atoms with Gasteiger partial charge in [0.1, 0.15) is 0 Å². The van der Waals surface area contributed by atoms with Gasteiger partial charge in [0.2, 0.25) is 5.95 Å². The van der Waals surface area contributed by atoms with Crippen LogP contribution in [0.5, 0.6) is 0 Å². The lowest BCUT2D eigenvalue weighted by Gasteiger charge is -2.17. The Kier molecular flexibility index (Phi) is 5.08. The van der Waals surface area contributed by atoms with Crippen molar-refractivity contribution in [2.45, 2.75) is 34.1 Å². The summed E-state index contributed by atoms with van der Waals surface area (Å²) in [6.07, 6.45) is 0.0533. The van der Waals surface area contributed by atoms with Crippen molar-refractivity contribution in [2.75, 3.05) is 18.0 Å². The van der Waals surface area contributed by atoms with Crippen LogP contribution in [0.2, 0.25) is 0 Å². The van der Waals surface area contributed by atoms with Gasteiger partial charge in [0.05, 0.1) is 11.4 Å². The van der Waals surface area contributed by atoms with Crippen LogP contribution < -0.4 is 4.90 Å². The number of ketones is 2. The second kappa shape index (κ2) is 7.31. The molecule has 0 aliphatic heterocycles. The Balaban J connectivity index is 2.37. The van der Waals surface area contributed by atoms with E-state index in [1.54, 1.807) is 13.0 Å². The van der Waals surface area contributed by atoms with Crippen LogP contribution in [0.3, 0.4) is 0 Å². The molecular formula is C21H24N4O2. The first-order valence-corrected chi connectivity index (χ1v) is 9.16. The Hall–Kier alpha value is -3.02. The number of H-pyrrole nitrogens is 1. The normalized spacial score (nSPS) is 14.9. The first-order chi connectivity index (χ1) is 12.9. The van der Waals surface area contributed by atoms with E-state index in [0.29, 0.717) is 22.8 Å². The maximum absolute atomic E-state index is 12.9. The SMILES string of the molecule is CCN(CC)c1nc2c([nH]1)-c1ccccc1C(=O)CC2=C(C(C)=N)C(C)=O. The largest absolute Gasteiger partial charge is 0.343 e. The predicted octanol–water partition coefficient (Wildman–Crippen LogP) is 3.89. The summed E-state index contributed by atoms with van der Waals surface area (Å²) in [6.45, 7) is 8.67. The fourth-order valence-electron chi connectivity index (χ4n) is 3.64. The number of allylic oxidation sites excluding steroid dienone is 2. The van der Waals surface area contributed by atoms with Gasteiger partial charge in [0, 0.05) is 47.5 Å². The third-order valence-electron chi connectivity index (χ3n) is 4.90. The van der Waals surface area contributed by atoms with Crippen molar-refractivity contribution in [3.05, 3.63) is 41.1 Å². The fraction of sp³-hybridized carbons (Fsp3) is 0.333. The van der Waals surface area contributed by atoms with E-state index in [0.717, 1.165) is 24.3 Å². The highest BCUT2D eigenvalue weighted by molar-refractivity contribution is 6.27. The number of rotatable bonds is 5. The molecule has 0 saturated carbocycles. The van der Waals surface area contributed by atoms with Crippen molar-refractivity contribution in [3.8, 4) is 11.3 Å². The molecule has 0 fully saturated rings. The molecule has 0 saturated heterocycles. The first-order valence-electron chi connectivity index (χ1n) is 9.16. The molecule has 0 atom stereocenters. The van der Waals surface area contributed by atoms with E-state index >= 15 is 0 Å². The molecule has 0 bridgehead atoms. The van der Waals surface area contributed by atoms with Gasteiger partial charge in [0.25, 0.3) is 0 Å². The van der Waals surface area contributed by atoms with Crippen molar-refractivity contribution >= 4 is 28.8 Å². The Morgan fingerprint density at radius 1 is 1.19 bits per heavy atom. The molecular weight excluding hydrogens is 340 g/mol. The number of nitrogens with zero attached hydrogens (tertiary/aromatic N) is 2. The maximum Gasteiger partial charge on any atom is 0.203 e. The smallest absolute Gasteiger partial charge is 0.203 e. The number of carbonyl (C=O) groups is 2. The van der Waals surface area contributed by atoms with Crippen LogP contribution in [0.4, 0.5) is 5.95 Å². The molecule has 1 aliphatic rings. The predicted molar refractivity (Wildman–Crippen MR) is 108 cm³/mol. The van der Waals surface area contributed by atoms with Crippen molar-refractivity contribution < 1.29 is 9.59 Å². The lowest BCUT2D eigenvalue weighted by Crippen LogP contribution is -2.23. The number of Topliss-reactive ketones (excluding diaryl/α,β-unsaturated/α-hetero) is 2. The monoisotopic (exact) mass is 364 g/mol. The van der Waals surface area contributed by atoms with Gasteiger partial charge in [0.15, 0.2) is 11.6 Å². The minimum Gasteiger partial charge on any atom is -0.343 e. The van der Waals surface area contributed by atoms with E-state index in [2.05, 4.69) is 9.88 Å². The summed E-state index contributed by atoms with van der Waals surface area (Å²) in [6, 6.07) is 7.41. The third kappa shape index (κ3) is 3.23. The lowest BCUT2D eigenvalue weighted by atomic mass is 9.94. The van der Waals surface area contributed by atoms with E-state index in [9.17, 15) is 9.59 Å². The molecule has 6 heteroatoms. The van der Waals surface area contributed by atoms with Crippen LogP contribution in [-0.4, -0.2) is 40.3 Å². The van der Waals surface area contributed by atoms with Crippen molar-refractivity contribution in [1.29, 1.82) is 5.41 Å². The number of fused-ring (bicyclic) bond motifs is 3. The lowest BCUT2D eigenvalue weighted by molar-refractivity contribution is -0.113. The highest BCUT2D eigenvalue weighted by Crippen LogP contribution is 2.39. The number of anilines is 1. The third-order valence-corrected chi connectivity index (χ3v) is 4.90. The molecule has 6 nitrogen and oxygen atoms in total. The Labute approximate surface area is 158 Å². The minimum atomic E-state index is -0.227. The number of hydrogen-bond donors (Lipinski definition) is 2. The second-order valence-corrected chi connectivity index (χ2v) is 6.64. The van der Waals surface area contributed by atoms with Gasteiger partial charge in [-0.2, -0.15) is 0 Å². The summed E-state index contributed by atoms with van der Waals surface area (Å²) >= 11 is 0. The van der Waals surface area contributed by atoms with E-state index in [-0.39, 0.29) is 29.3 Å². The number of benzene rings is 1. The van der Waals surface area contributed by atoms with Gasteiger partial charge in [-0.05, 0) is 27.7 Å². The summed E-state index contributed by atoms with van der Waals surface area (Å²) in [5.41, 5.74) is 3.66. The zero-order valence-corrected chi connectivity index (χ0v) is 16.1. The average molecular weight is 364 g/mol.